The second-order valence-corrected chi connectivity index (χ2v) is 6.15. The second kappa shape index (κ2) is 7.20. The van der Waals surface area contributed by atoms with Gasteiger partial charge in [0.2, 0.25) is 5.91 Å². The Kier molecular flexibility index (Phi) is 5.53. The lowest BCUT2D eigenvalue weighted by molar-refractivity contribution is -0.140. The summed E-state index contributed by atoms with van der Waals surface area (Å²) in [6, 6.07) is 4.86. The summed E-state index contributed by atoms with van der Waals surface area (Å²) < 4.78 is 5.61. The van der Waals surface area contributed by atoms with Crippen LogP contribution in [0.25, 0.3) is 0 Å². The van der Waals surface area contributed by atoms with Crippen LogP contribution in [0, 0.1) is 5.92 Å². The van der Waals surface area contributed by atoms with Crippen molar-refractivity contribution < 1.29 is 14.3 Å². The smallest absolute Gasteiger partial charge is 0.263 e. The van der Waals surface area contributed by atoms with Crippen LogP contribution in [0.2, 0.25) is 10.0 Å². The van der Waals surface area contributed by atoms with Crippen molar-refractivity contribution in [1.82, 2.24) is 4.90 Å². The van der Waals surface area contributed by atoms with Gasteiger partial charge in [-0.2, -0.15) is 0 Å². The van der Waals surface area contributed by atoms with Crippen molar-refractivity contribution in [3.8, 4) is 5.75 Å². The van der Waals surface area contributed by atoms with Crippen LogP contribution in [-0.4, -0.2) is 35.9 Å². The third kappa shape index (κ3) is 4.05. The number of rotatable bonds is 4. The lowest BCUT2D eigenvalue weighted by Gasteiger charge is -2.32. The number of ether oxygens (including phenoxy) is 1. The maximum absolute atomic E-state index is 12.4. The minimum absolute atomic E-state index is 0.117. The van der Waals surface area contributed by atoms with Crippen LogP contribution in [0.1, 0.15) is 19.8 Å². The third-order valence-electron chi connectivity index (χ3n) is 3.76. The van der Waals surface area contributed by atoms with Gasteiger partial charge in [-0.25, -0.2) is 0 Å². The van der Waals surface area contributed by atoms with E-state index in [-0.39, 0.29) is 17.7 Å². The first-order valence-corrected chi connectivity index (χ1v) is 7.84. The summed E-state index contributed by atoms with van der Waals surface area (Å²) in [5.41, 5.74) is 5.29. The fraction of sp³-hybridized carbons (Fsp3) is 0.467. The van der Waals surface area contributed by atoms with Crippen LogP contribution >= 0.6 is 23.2 Å². The SMILES string of the molecule is CC(Oc1ccc(Cl)c(Cl)c1)C(=O)N1CCC(C(N)=O)CC1. The van der Waals surface area contributed by atoms with Crippen molar-refractivity contribution in [3.05, 3.63) is 28.2 Å². The number of primary amides is 1. The standard InChI is InChI=1S/C15H18Cl2N2O3/c1-9(22-11-2-3-12(16)13(17)8-11)15(21)19-6-4-10(5-7-19)14(18)20/h2-3,8-10H,4-7H2,1H3,(H2,18,20). The Morgan fingerprint density at radius 2 is 1.91 bits per heavy atom. The molecule has 2 amide bonds. The summed E-state index contributed by atoms with van der Waals surface area (Å²) in [6.07, 6.45) is 0.559. The molecule has 2 rings (SSSR count). The number of nitrogens with zero attached hydrogens (tertiary/aromatic N) is 1. The van der Waals surface area contributed by atoms with E-state index in [1.165, 1.54) is 0 Å². The molecule has 1 atom stereocenters. The van der Waals surface area contributed by atoms with E-state index in [0.29, 0.717) is 41.7 Å². The first kappa shape index (κ1) is 16.9. The number of hydrogen-bond donors (Lipinski definition) is 1. The highest BCUT2D eigenvalue weighted by Gasteiger charge is 2.29. The predicted octanol–water partition coefficient (Wildman–Crippen LogP) is 2.48. The highest BCUT2D eigenvalue weighted by Crippen LogP contribution is 2.27. The predicted molar refractivity (Wildman–Crippen MR) is 85.1 cm³/mol. The Morgan fingerprint density at radius 3 is 2.45 bits per heavy atom. The molecule has 2 N–H and O–H groups in total. The van der Waals surface area contributed by atoms with Crippen molar-refractivity contribution in [1.29, 1.82) is 0 Å². The number of piperidine rings is 1. The zero-order valence-corrected chi connectivity index (χ0v) is 13.7. The van der Waals surface area contributed by atoms with E-state index in [1.54, 1.807) is 30.0 Å². The summed E-state index contributed by atoms with van der Waals surface area (Å²) in [6.45, 7) is 2.72. The van der Waals surface area contributed by atoms with Crippen LogP contribution in [0.5, 0.6) is 5.75 Å². The van der Waals surface area contributed by atoms with E-state index in [1.807, 2.05) is 0 Å². The number of halogens is 2. The molecule has 1 aromatic rings. The fourth-order valence-corrected chi connectivity index (χ4v) is 2.73. The summed E-state index contributed by atoms with van der Waals surface area (Å²) in [7, 11) is 0. The molecule has 0 radical (unpaired) electrons. The van der Waals surface area contributed by atoms with Gasteiger partial charge in [-0.15, -0.1) is 0 Å². The van der Waals surface area contributed by atoms with Gasteiger partial charge in [0.25, 0.3) is 5.91 Å². The number of likely N-dealkylation sites (tertiary alicyclic amines) is 1. The van der Waals surface area contributed by atoms with Crippen LogP contribution in [0.3, 0.4) is 0 Å². The number of carbonyl (C=O) groups is 2. The molecule has 1 aromatic carbocycles. The lowest BCUT2D eigenvalue weighted by Crippen LogP contribution is -2.46. The minimum Gasteiger partial charge on any atom is -0.481 e. The molecule has 5 nitrogen and oxygen atoms in total. The van der Waals surface area contributed by atoms with Crippen molar-refractivity contribution in [2.45, 2.75) is 25.9 Å². The zero-order chi connectivity index (χ0) is 16.3. The van der Waals surface area contributed by atoms with Gasteiger partial charge in [0.05, 0.1) is 10.0 Å². The molecule has 0 aliphatic carbocycles. The molecular formula is C15H18Cl2N2O3. The van der Waals surface area contributed by atoms with Crippen LogP contribution in [0.4, 0.5) is 0 Å². The molecule has 22 heavy (non-hydrogen) atoms. The monoisotopic (exact) mass is 344 g/mol. The van der Waals surface area contributed by atoms with Gasteiger partial charge in [0, 0.05) is 25.1 Å². The van der Waals surface area contributed by atoms with Gasteiger partial charge in [0.1, 0.15) is 5.75 Å². The summed E-state index contributed by atoms with van der Waals surface area (Å²) in [5, 5.41) is 0.808. The minimum atomic E-state index is -0.637. The Hall–Kier alpha value is -1.46. The van der Waals surface area contributed by atoms with Gasteiger partial charge in [-0.1, -0.05) is 23.2 Å². The van der Waals surface area contributed by atoms with Crippen molar-refractivity contribution in [3.63, 3.8) is 0 Å². The Balaban J connectivity index is 1.92. The van der Waals surface area contributed by atoms with E-state index in [2.05, 4.69) is 0 Å². The van der Waals surface area contributed by atoms with E-state index in [4.69, 9.17) is 33.7 Å². The van der Waals surface area contributed by atoms with Crippen molar-refractivity contribution in [2.24, 2.45) is 11.7 Å². The molecular weight excluding hydrogens is 327 g/mol. The van der Waals surface area contributed by atoms with Crippen molar-refractivity contribution >= 4 is 35.0 Å². The molecule has 1 unspecified atom stereocenters. The van der Waals surface area contributed by atoms with Gasteiger partial charge in [-0.3, -0.25) is 9.59 Å². The van der Waals surface area contributed by atoms with Gasteiger partial charge in [-0.05, 0) is 31.9 Å². The van der Waals surface area contributed by atoms with E-state index >= 15 is 0 Å². The summed E-state index contributed by atoms with van der Waals surface area (Å²) in [4.78, 5) is 25.2. The summed E-state index contributed by atoms with van der Waals surface area (Å²) in [5.74, 6) is -0.0705. The molecule has 1 heterocycles. The number of amides is 2. The molecule has 7 heteroatoms. The largest absolute Gasteiger partial charge is 0.481 e. The number of hydrogen-bond acceptors (Lipinski definition) is 3. The van der Waals surface area contributed by atoms with Gasteiger partial charge >= 0.3 is 0 Å². The first-order chi connectivity index (χ1) is 10.4. The van der Waals surface area contributed by atoms with Crippen LogP contribution in [0.15, 0.2) is 18.2 Å². The number of nitrogens with two attached hydrogens (primary N) is 1. The van der Waals surface area contributed by atoms with E-state index in [9.17, 15) is 9.59 Å². The Labute approximate surface area is 139 Å². The molecule has 1 fully saturated rings. The number of carbonyl (C=O) groups excluding carboxylic acids is 2. The van der Waals surface area contributed by atoms with Crippen LogP contribution in [-0.2, 0) is 9.59 Å². The maximum Gasteiger partial charge on any atom is 0.263 e. The molecule has 0 aromatic heterocycles. The third-order valence-corrected chi connectivity index (χ3v) is 4.50. The average Bonchev–Trinajstić information content (AvgIpc) is 2.50. The second-order valence-electron chi connectivity index (χ2n) is 5.34. The molecule has 1 saturated heterocycles. The maximum atomic E-state index is 12.4. The average molecular weight is 345 g/mol. The Morgan fingerprint density at radius 1 is 1.27 bits per heavy atom. The molecule has 120 valence electrons. The van der Waals surface area contributed by atoms with Gasteiger partial charge < -0.3 is 15.4 Å². The Bertz CT molecular complexity index is 572. The molecule has 0 spiro atoms. The highest BCUT2D eigenvalue weighted by atomic mass is 35.5. The van der Waals surface area contributed by atoms with E-state index < -0.39 is 6.10 Å². The van der Waals surface area contributed by atoms with Gasteiger partial charge in [0.15, 0.2) is 6.10 Å². The molecule has 0 bridgehead atoms. The highest BCUT2D eigenvalue weighted by molar-refractivity contribution is 6.42. The first-order valence-electron chi connectivity index (χ1n) is 7.08. The van der Waals surface area contributed by atoms with Crippen molar-refractivity contribution in [2.75, 3.05) is 13.1 Å². The van der Waals surface area contributed by atoms with E-state index in [0.717, 1.165) is 0 Å². The molecule has 1 aliphatic rings. The summed E-state index contributed by atoms with van der Waals surface area (Å²) >= 11 is 11.8. The lowest BCUT2D eigenvalue weighted by atomic mass is 9.96. The quantitative estimate of drug-likeness (QED) is 0.911. The fourth-order valence-electron chi connectivity index (χ4n) is 2.45. The number of benzene rings is 1. The topological polar surface area (TPSA) is 72.6 Å². The zero-order valence-electron chi connectivity index (χ0n) is 12.2. The molecule has 1 aliphatic heterocycles. The van der Waals surface area contributed by atoms with Crippen LogP contribution < -0.4 is 10.5 Å². The molecule has 0 saturated carbocycles. The normalized spacial score (nSPS) is 17.1.